The highest BCUT2D eigenvalue weighted by Gasteiger charge is 2.18. The number of fused-ring (bicyclic) bond motifs is 1. The molecule has 0 spiro atoms. The molecule has 0 saturated carbocycles. The van der Waals surface area contributed by atoms with Gasteiger partial charge in [-0.15, -0.1) is 0 Å². The Labute approximate surface area is 139 Å². The van der Waals surface area contributed by atoms with E-state index >= 15 is 0 Å². The Morgan fingerprint density at radius 1 is 1.30 bits per heavy atom. The molecule has 0 radical (unpaired) electrons. The van der Waals surface area contributed by atoms with E-state index in [2.05, 4.69) is 17.2 Å². The molecule has 23 heavy (non-hydrogen) atoms. The molecule has 0 atom stereocenters. The van der Waals surface area contributed by atoms with Crippen molar-refractivity contribution in [2.75, 3.05) is 11.9 Å². The predicted octanol–water partition coefficient (Wildman–Crippen LogP) is 1.79. The van der Waals surface area contributed by atoms with E-state index in [-0.39, 0.29) is 5.56 Å². The van der Waals surface area contributed by atoms with Crippen LogP contribution >= 0.6 is 11.6 Å². The van der Waals surface area contributed by atoms with Gasteiger partial charge in [0.2, 0.25) is 5.95 Å². The number of unbranched alkanes of at least 4 members (excludes halogenated alkanes) is 1. The third-order valence-electron chi connectivity index (χ3n) is 3.72. The molecule has 2 aromatic rings. The Balaban J connectivity index is 2.69. The zero-order valence-electron chi connectivity index (χ0n) is 13.9. The van der Waals surface area contributed by atoms with Gasteiger partial charge in [0.05, 0.1) is 0 Å². The zero-order chi connectivity index (χ0) is 17.1. The molecule has 0 aliphatic rings. The van der Waals surface area contributed by atoms with Crippen LogP contribution in [0.25, 0.3) is 11.2 Å². The molecule has 1 N–H and O–H groups in total. The SMILES string of the molecule is CCCCNc1nc2c(c(=O)n(C)c(=O)n2C)n1CC=C(C)Cl. The van der Waals surface area contributed by atoms with Gasteiger partial charge in [0, 0.05) is 32.2 Å². The molecule has 0 bridgehead atoms. The molecule has 0 fully saturated rings. The number of nitrogens with zero attached hydrogens (tertiary/aromatic N) is 4. The van der Waals surface area contributed by atoms with Crippen LogP contribution in [0.15, 0.2) is 20.7 Å². The second kappa shape index (κ2) is 7.04. The van der Waals surface area contributed by atoms with E-state index in [1.54, 1.807) is 24.6 Å². The minimum Gasteiger partial charge on any atom is -0.356 e. The summed E-state index contributed by atoms with van der Waals surface area (Å²) >= 11 is 5.92. The number of allylic oxidation sites excluding steroid dienone is 2. The van der Waals surface area contributed by atoms with E-state index in [0.29, 0.717) is 28.7 Å². The summed E-state index contributed by atoms with van der Waals surface area (Å²) in [6, 6.07) is 0. The fourth-order valence-electron chi connectivity index (χ4n) is 2.35. The van der Waals surface area contributed by atoms with Crippen molar-refractivity contribution in [3.05, 3.63) is 31.9 Å². The molecule has 0 aromatic carbocycles. The number of anilines is 1. The summed E-state index contributed by atoms with van der Waals surface area (Å²) in [4.78, 5) is 29.0. The molecular formula is C15H22ClN5O2. The molecule has 0 amide bonds. The minimum absolute atomic E-state index is 0.361. The molecule has 7 nitrogen and oxygen atoms in total. The van der Waals surface area contributed by atoms with Crippen LogP contribution in [0.2, 0.25) is 0 Å². The largest absolute Gasteiger partial charge is 0.356 e. The van der Waals surface area contributed by atoms with Gasteiger partial charge in [-0.3, -0.25) is 13.9 Å². The average Bonchev–Trinajstić information content (AvgIpc) is 2.88. The van der Waals surface area contributed by atoms with Gasteiger partial charge in [-0.1, -0.05) is 31.0 Å². The van der Waals surface area contributed by atoms with Crippen LogP contribution in [0, 0.1) is 0 Å². The first-order valence-electron chi connectivity index (χ1n) is 7.60. The molecule has 0 aliphatic heterocycles. The fraction of sp³-hybridized carbons (Fsp3) is 0.533. The van der Waals surface area contributed by atoms with Crippen LogP contribution in [-0.4, -0.2) is 25.2 Å². The number of halogens is 1. The zero-order valence-corrected chi connectivity index (χ0v) is 14.6. The van der Waals surface area contributed by atoms with Crippen LogP contribution in [0.5, 0.6) is 0 Å². The minimum atomic E-state index is -0.392. The molecule has 2 aromatic heterocycles. The summed E-state index contributed by atoms with van der Waals surface area (Å²) in [5.74, 6) is 0.570. The lowest BCUT2D eigenvalue weighted by atomic mass is 10.3. The lowest BCUT2D eigenvalue weighted by molar-refractivity contribution is 0.703. The normalized spacial score (nSPS) is 12.1. The Hall–Kier alpha value is -2.02. The maximum atomic E-state index is 12.5. The number of imidazole rings is 1. The van der Waals surface area contributed by atoms with Crippen molar-refractivity contribution >= 4 is 28.7 Å². The Bertz CT molecular complexity index is 855. The highest BCUT2D eigenvalue weighted by Crippen LogP contribution is 2.16. The van der Waals surface area contributed by atoms with Gasteiger partial charge >= 0.3 is 5.69 Å². The second-order valence-electron chi connectivity index (χ2n) is 5.50. The van der Waals surface area contributed by atoms with Crippen molar-refractivity contribution in [1.82, 2.24) is 18.7 Å². The number of rotatable bonds is 6. The molecule has 0 aliphatic carbocycles. The fourth-order valence-corrected chi connectivity index (χ4v) is 2.42. The maximum Gasteiger partial charge on any atom is 0.332 e. The van der Waals surface area contributed by atoms with Crippen LogP contribution in [-0.2, 0) is 20.6 Å². The van der Waals surface area contributed by atoms with Crippen LogP contribution in [0.3, 0.4) is 0 Å². The van der Waals surface area contributed by atoms with E-state index in [1.165, 1.54) is 11.6 Å². The molecule has 8 heteroatoms. The van der Waals surface area contributed by atoms with E-state index in [0.717, 1.165) is 24.0 Å². The quantitative estimate of drug-likeness (QED) is 0.814. The average molecular weight is 340 g/mol. The van der Waals surface area contributed by atoms with Crippen molar-refractivity contribution in [3.63, 3.8) is 0 Å². The Morgan fingerprint density at radius 2 is 2.00 bits per heavy atom. The van der Waals surface area contributed by atoms with Gasteiger partial charge < -0.3 is 9.88 Å². The third-order valence-corrected chi connectivity index (χ3v) is 3.87. The molecule has 0 unspecified atom stereocenters. The molecule has 2 rings (SSSR count). The first-order chi connectivity index (χ1) is 10.9. The topological polar surface area (TPSA) is 73.8 Å². The summed E-state index contributed by atoms with van der Waals surface area (Å²) in [6.07, 6.45) is 3.84. The number of hydrogen-bond acceptors (Lipinski definition) is 4. The number of aryl methyl sites for hydroxylation is 1. The predicted molar refractivity (Wildman–Crippen MR) is 93.2 cm³/mol. The van der Waals surface area contributed by atoms with Crippen LogP contribution < -0.4 is 16.6 Å². The van der Waals surface area contributed by atoms with Crippen molar-refractivity contribution in [1.29, 1.82) is 0 Å². The van der Waals surface area contributed by atoms with E-state index < -0.39 is 5.69 Å². The first-order valence-corrected chi connectivity index (χ1v) is 7.98. The van der Waals surface area contributed by atoms with E-state index in [1.807, 2.05) is 0 Å². The highest BCUT2D eigenvalue weighted by molar-refractivity contribution is 6.29. The van der Waals surface area contributed by atoms with Gasteiger partial charge in [0.1, 0.15) is 0 Å². The lowest BCUT2D eigenvalue weighted by Crippen LogP contribution is -2.37. The van der Waals surface area contributed by atoms with Gasteiger partial charge in [-0.2, -0.15) is 4.98 Å². The van der Waals surface area contributed by atoms with E-state index in [9.17, 15) is 9.59 Å². The molecule has 126 valence electrons. The smallest absolute Gasteiger partial charge is 0.332 e. The van der Waals surface area contributed by atoms with Gasteiger partial charge in [0.25, 0.3) is 5.56 Å². The molecule has 2 heterocycles. The van der Waals surface area contributed by atoms with Crippen LogP contribution in [0.1, 0.15) is 26.7 Å². The van der Waals surface area contributed by atoms with Crippen LogP contribution in [0.4, 0.5) is 5.95 Å². The standard InChI is InChI=1S/C15H22ClN5O2/c1-5-6-8-17-14-18-12-11(21(14)9-7-10(2)16)13(22)20(4)15(23)19(12)3/h7H,5-6,8-9H2,1-4H3,(H,17,18). The Kier molecular flexibility index (Phi) is 5.30. The summed E-state index contributed by atoms with van der Waals surface area (Å²) in [7, 11) is 3.08. The lowest BCUT2D eigenvalue weighted by Gasteiger charge is -2.08. The Morgan fingerprint density at radius 3 is 2.61 bits per heavy atom. The van der Waals surface area contributed by atoms with Gasteiger partial charge in [-0.05, 0) is 13.3 Å². The van der Waals surface area contributed by atoms with Crippen molar-refractivity contribution in [2.45, 2.75) is 33.2 Å². The second-order valence-corrected chi connectivity index (χ2v) is 6.09. The highest BCUT2D eigenvalue weighted by atomic mass is 35.5. The van der Waals surface area contributed by atoms with Crippen molar-refractivity contribution < 1.29 is 0 Å². The van der Waals surface area contributed by atoms with E-state index in [4.69, 9.17) is 11.6 Å². The summed E-state index contributed by atoms with van der Waals surface area (Å²) in [5.41, 5.74) is 0.0107. The summed E-state index contributed by atoms with van der Waals surface area (Å²) in [5, 5.41) is 3.87. The molecular weight excluding hydrogens is 318 g/mol. The summed E-state index contributed by atoms with van der Waals surface area (Å²) < 4.78 is 4.24. The maximum absolute atomic E-state index is 12.5. The summed E-state index contributed by atoms with van der Waals surface area (Å²) in [6.45, 7) is 5.04. The number of aromatic nitrogens is 4. The number of hydrogen-bond donors (Lipinski definition) is 1. The van der Waals surface area contributed by atoms with Crippen molar-refractivity contribution in [3.8, 4) is 0 Å². The van der Waals surface area contributed by atoms with Gasteiger partial charge in [-0.25, -0.2) is 4.79 Å². The molecule has 0 saturated heterocycles. The monoisotopic (exact) mass is 339 g/mol. The number of nitrogens with one attached hydrogen (secondary N) is 1. The first kappa shape index (κ1) is 17.3. The third kappa shape index (κ3) is 3.34. The van der Waals surface area contributed by atoms with Crippen molar-refractivity contribution in [2.24, 2.45) is 14.1 Å². The van der Waals surface area contributed by atoms with Gasteiger partial charge in [0.15, 0.2) is 11.2 Å².